The minimum atomic E-state index is 0.0325. The third kappa shape index (κ3) is 1.65. The minimum absolute atomic E-state index is 0.0325. The quantitative estimate of drug-likeness (QED) is 0.859. The first-order valence-corrected chi connectivity index (χ1v) is 7.07. The van der Waals surface area contributed by atoms with Gasteiger partial charge in [-0.1, -0.05) is 19.9 Å². The van der Waals surface area contributed by atoms with Crippen LogP contribution in [0.5, 0.6) is 0 Å². The van der Waals surface area contributed by atoms with Crippen LogP contribution < -0.4 is 0 Å². The van der Waals surface area contributed by atoms with Crippen LogP contribution in [0.3, 0.4) is 0 Å². The van der Waals surface area contributed by atoms with E-state index in [0.29, 0.717) is 16.4 Å². The second-order valence-corrected chi connectivity index (χ2v) is 6.30. The molecule has 1 saturated carbocycles. The number of para-hydroxylation sites is 1. The zero-order chi connectivity index (χ0) is 14.5. The number of aromatic amines is 1. The second-order valence-electron chi connectivity index (χ2n) is 5.91. The summed E-state index contributed by atoms with van der Waals surface area (Å²) in [6.45, 7) is 4.40. The molecular formula is C15H17N3OS. The van der Waals surface area contributed by atoms with Gasteiger partial charge in [0.1, 0.15) is 6.07 Å². The molecule has 2 atom stereocenters. The van der Waals surface area contributed by atoms with Crippen LogP contribution in [-0.4, -0.2) is 22.8 Å². The van der Waals surface area contributed by atoms with Gasteiger partial charge in [-0.05, 0) is 30.8 Å². The fourth-order valence-electron chi connectivity index (χ4n) is 3.25. The number of rotatable bonds is 2. The van der Waals surface area contributed by atoms with Crippen LogP contribution in [0.4, 0.5) is 0 Å². The average molecular weight is 287 g/mol. The molecule has 4 nitrogen and oxygen atoms in total. The molecular weight excluding hydrogens is 270 g/mol. The summed E-state index contributed by atoms with van der Waals surface area (Å²) >= 11 is 5.47. The summed E-state index contributed by atoms with van der Waals surface area (Å²) in [6, 6.07) is 8.23. The van der Waals surface area contributed by atoms with Crippen LogP contribution in [0, 0.1) is 21.5 Å². The van der Waals surface area contributed by atoms with Crippen molar-refractivity contribution in [2.45, 2.75) is 32.4 Å². The van der Waals surface area contributed by atoms with E-state index in [-0.39, 0.29) is 11.5 Å². The summed E-state index contributed by atoms with van der Waals surface area (Å²) in [5.41, 5.74) is 2.50. The largest absolute Gasteiger partial charge is 0.381 e. The molecule has 1 aliphatic rings. The van der Waals surface area contributed by atoms with Crippen molar-refractivity contribution in [3.05, 3.63) is 28.5 Å². The van der Waals surface area contributed by atoms with E-state index in [1.54, 1.807) is 7.11 Å². The van der Waals surface area contributed by atoms with Crippen molar-refractivity contribution in [1.29, 1.82) is 5.26 Å². The van der Waals surface area contributed by atoms with E-state index in [2.05, 4.69) is 29.5 Å². The van der Waals surface area contributed by atoms with Gasteiger partial charge in [0.15, 0.2) is 4.77 Å². The Morgan fingerprint density at radius 3 is 2.85 bits per heavy atom. The van der Waals surface area contributed by atoms with Crippen LogP contribution in [0.15, 0.2) is 18.2 Å². The number of ether oxygens (including phenoxy) is 1. The van der Waals surface area contributed by atoms with Crippen LogP contribution in [0.25, 0.3) is 11.0 Å². The molecule has 0 aliphatic heterocycles. The molecule has 3 rings (SSSR count). The highest BCUT2D eigenvalue weighted by molar-refractivity contribution is 7.71. The molecule has 1 fully saturated rings. The Bertz CT molecular complexity index is 765. The first-order valence-electron chi connectivity index (χ1n) is 6.66. The maximum absolute atomic E-state index is 9.20. The summed E-state index contributed by atoms with van der Waals surface area (Å²) < 4.78 is 8.33. The number of aromatic nitrogens is 2. The van der Waals surface area contributed by atoms with Crippen LogP contribution in [0.2, 0.25) is 0 Å². The fraction of sp³-hybridized carbons (Fsp3) is 0.467. The molecule has 1 heterocycles. The normalized spacial score (nSPS) is 24.3. The van der Waals surface area contributed by atoms with E-state index in [1.807, 2.05) is 18.2 Å². The summed E-state index contributed by atoms with van der Waals surface area (Å²) in [4.78, 5) is 3.18. The molecule has 2 unspecified atom stereocenters. The maximum atomic E-state index is 9.20. The van der Waals surface area contributed by atoms with Crippen LogP contribution in [-0.2, 0) is 4.74 Å². The smallest absolute Gasteiger partial charge is 0.178 e. The van der Waals surface area contributed by atoms with Crippen LogP contribution >= 0.6 is 12.2 Å². The average Bonchev–Trinajstić information content (AvgIpc) is 2.74. The lowest BCUT2D eigenvalue weighted by atomic mass is 9.64. The van der Waals surface area contributed by atoms with Gasteiger partial charge >= 0.3 is 0 Å². The zero-order valence-electron chi connectivity index (χ0n) is 11.8. The number of nitrogens with one attached hydrogen (secondary N) is 1. The summed E-state index contributed by atoms with van der Waals surface area (Å²) in [7, 11) is 1.75. The molecule has 2 aromatic rings. The van der Waals surface area contributed by atoms with Gasteiger partial charge in [0.25, 0.3) is 0 Å². The molecule has 5 heteroatoms. The number of H-pyrrole nitrogens is 1. The molecule has 0 bridgehead atoms. The van der Waals surface area contributed by atoms with Crippen molar-refractivity contribution < 1.29 is 4.74 Å². The number of methoxy groups -OCH3 is 1. The molecule has 1 N–H and O–H groups in total. The Kier molecular flexibility index (Phi) is 2.96. The number of imidazole rings is 1. The van der Waals surface area contributed by atoms with Crippen molar-refractivity contribution in [3.8, 4) is 6.07 Å². The summed E-state index contributed by atoms with van der Waals surface area (Å²) in [6.07, 6.45) is 1.19. The molecule has 0 amide bonds. The second kappa shape index (κ2) is 4.44. The Hall–Kier alpha value is -1.64. The van der Waals surface area contributed by atoms with Gasteiger partial charge in [0, 0.05) is 18.6 Å². The van der Waals surface area contributed by atoms with Gasteiger partial charge in [-0.25, -0.2) is 0 Å². The number of benzene rings is 1. The Morgan fingerprint density at radius 2 is 2.25 bits per heavy atom. The maximum Gasteiger partial charge on any atom is 0.178 e. The topological polar surface area (TPSA) is 53.7 Å². The lowest BCUT2D eigenvalue weighted by Crippen LogP contribution is -2.51. The molecule has 0 spiro atoms. The monoisotopic (exact) mass is 287 g/mol. The number of nitrogens with zero attached hydrogens (tertiary/aromatic N) is 2. The fourth-order valence-corrected chi connectivity index (χ4v) is 3.58. The van der Waals surface area contributed by atoms with Gasteiger partial charge in [0.05, 0.1) is 22.7 Å². The number of hydrogen-bond acceptors (Lipinski definition) is 3. The van der Waals surface area contributed by atoms with Crippen molar-refractivity contribution in [3.63, 3.8) is 0 Å². The van der Waals surface area contributed by atoms with Crippen molar-refractivity contribution >= 4 is 23.3 Å². The minimum Gasteiger partial charge on any atom is -0.381 e. The number of nitriles is 1. The molecule has 0 radical (unpaired) electrons. The Balaban J connectivity index is 2.17. The van der Waals surface area contributed by atoms with E-state index in [1.165, 1.54) is 0 Å². The molecule has 0 saturated heterocycles. The predicted octanol–water partition coefficient (Wildman–Crippen LogP) is 3.56. The summed E-state index contributed by atoms with van der Waals surface area (Å²) in [5.74, 6) is 0. The van der Waals surface area contributed by atoms with Gasteiger partial charge in [-0.15, -0.1) is 0 Å². The molecule has 20 heavy (non-hydrogen) atoms. The van der Waals surface area contributed by atoms with E-state index in [0.717, 1.165) is 17.5 Å². The molecule has 1 aromatic carbocycles. The van der Waals surface area contributed by atoms with Crippen molar-refractivity contribution in [2.24, 2.45) is 5.41 Å². The standard InChI is InChI=1S/C15H17N3OS/c1-15(2)11(7-12(15)19-3)18-10-6-4-5-9(8-16)13(10)17-14(18)20/h4-6,11-12H,7H2,1-3H3,(H,17,20). The van der Waals surface area contributed by atoms with Gasteiger partial charge < -0.3 is 14.3 Å². The van der Waals surface area contributed by atoms with Gasteiger partial charge in [-0.3, -0.25) is 0 Å². The predicted molar refractivity (Wildman–Crippen MR) is 80.1 cm³/mol. The van der Waals surface area contributed by atoms with Crippen molar-refractivity contribution in [2.75, 3.05) is 7.11 Å². The SMILES string of the molecule is COC1CC(n2c(=S)[nH]c3c(C#N)cccc32)C1(C)C. The number of hydrogen-bond donors (Lipinski definition) is 1. The summed E-state index contributed by atoms with van der Waals surface area (Å²) in [5, 5.41) is 9.20. The van der Waals surface area contributed by atoms with E-state index in [4.69, 9.17) is 17.0 Å². The van der Waals surface area contributed by atoms with Gasteiger partial charge in [0.2, 0.25) is 0 Å². The Labute approximate surface area is 123 Å². The third-order valence-corrected chi connectivity index (χ3v) is 4.89. The highest BCUT2D eigenvalue weighted by atomic mass is 32.1. The first-order chi connectivity index (χ1) is 9.50. The highest BCUT2D eigenvalue weighted by Gasteiger charge is 2.50. The number of fused-ring (bicyclic) bond motifs is 1. The molecule has 1 aliphatic carbocycles. The van der Waals surface area contributed by atoms with E-state index in [9.17, 15) is 5.26 Å². The first kappa shape index (κ1) is 13.3. The Morgan fingerprint density at radius 1 is 1.50 bits per heavy atom. The molecule has 1 aromatic heterocycles. The third-order valence-electron chi connectivity index (χ3n) is 4.60. The lowest BCUT2D eigenvalue weighted by Gasteiger charge is -2.51. The van der Waals surface area contributed by atoms with Gasteiger partial charge in [-0.2, -0.15) is 5.26 Å². The lowest BCUT2D eigenvalue weighted by molar-refractivity contribution is -0.111. The van der Waals surface area contributed by atoms with E-state index < -0.39 is 0 Å². The van der Waals surface area contributed by atoms with Crippen LogP contribution in [0.1, 0.15) is 31.9 Å². The highest BCUT2D eigenvalue weighted by Crippen LogP contribution is 2.52. The molecule has 104 valence electrons. The zero-order valence-corrected chi connectivity index (χ0v) is 12.6. The van der Waals surface area contributed by atoms with E-state index >= 15 is 0 Å². The van der Waals surface area contributed by atoms with Crippen molar-refractivity contribution in [1.82, 2.24) is 9.55 Å².